The smallest absolute Gasteiger partial charge is 0.330 e. The van der Waals surface area contributed by atoms with E-state index in [0.717, 1.165) is 33.3 Å². The van der Waals surface area contributed by atoms with E-state index in [1.165, 1.54) is 12.0 Å². The number of anilines is 1. The van der Waals surface area contributed by atoms with Crippen LogP contribution in [0.2, 0.25) is 10.0 Å². The first-order valence-corrected chi connectivity index (χ1v) is 12.8. The van der Waals surface area contributed by atoms with Crippen molar-refractivity contribution in [3.8, 4) is 11.3 Å². The molecule has 0 radical (unpaired) electrons. The molecule has 2 atom stereocenters. The summed E-state index contributed by atoms with van der Waals surface area (Å²) in [4.78, 5) is 33.4. The molecular formula is C24H31Cl2N3O4S. The largest absolute Gasteiger partial charge is 0.467 e. The molecule has 0 spiro atoms. The average Bonchev–Trinajstić information content (AvgIpc) is 3.23. The van der Waals surface area contributed by atoms with Gasteiger partial charge >= 0.3 is 5.97 Å². The summed E-state index contributed by atoms with van der Waals surface area (Å²) in [6, 6.07) is 3.23. The molecule has 1 aliphatic rings. The third-order valence-corrected chi connectivity index (χ3v) is 7.85. The van der Waals surface area contributed by atoms with Gasteiger partial charge in [-0.3, -0.25) is 4.79 Å². The number of halogens is 2. The molecule has 34 heavy (non-hydrogen) atoms. The third-order valence-electron chi connectivity index (χ3n) is 5.87. The van der Waals surface area contributed by atoms with E-state index in [9.17, 15) is 9.59 Å². The minimum Gasteiger partial charge on any atom is -0.467 e. The van der Waals surface area contributed by atoms with E-state index in [4.69, 9.17) is 37.7 Å². The second-order valence-electron chi connectivity index (χ2n) is 8.88. The number of carbonyl (C=O) groups excluding carboxylic acids is 2. The first kappa shape index (κ1) is 26.7. The van der Waals surface area contributed by atoms with Gasteiger partial charge in [0.1, 0.15) is 6.04 Å². The van der Waals surface area contributed by atoms with Gasteiger partial charge in [-0.15, -0.1) is 11.3 Å². The van der Waals surface area contributed by atoms with E-state index < -0.39 is 12.0 Å². The molecule has 0 bridgehead atoms. The first-order valence-electron chi connectivity index (χ1n) is 11.2. The van der Waals surface area contributed by atoms with Crippen molar-refractivity contribution in [1.82, 2.24) is 9.88 Å². The second kappa shape index (κ2) is 11.7. The number of thiazole rings is 1. The Morgan fingerprint density at radius 3 is 2.59 bits per heavy atom. The molecule has 7 nitrogen and oxygen atoms in total. The van der Waals surface area contributed by atoms with Crippen molar-refractivity contribution in [1.29, 1.82) is 0 Å². The zero-order valence-corrected chi connectivity index (χ0v) is 22.5. The SMILES string of the molecule is COC(=O)C1CN(c2nc(-c3cc(Cl)c(Cl)c(CC(C)OC)c3)c(CC(C)C)s2)CCN1C=O. The standard InChI is InChI=1S/C24H31Cl2N3O4S/c1-14(2)8-20-22(17-10-16(9-15(3)32-4)21(26)18(25)11-17)27-24(34-20)28-6-7-29(13-30)19(12-28)23(31)33-5/h10-11,13-15,19H,6-9,12H2,1-5H3. The Morgan fingerprint density at radius 1 is 1.24 bits per heavy atom. The van der Waals surface area contributed by atoms with Gasteiger partial charge < -0.3 is 19.3 Å². The molecule has 2 aromatic rings. The molecule has 1 amide bonds. The highest BCUT2D eigenvalue weighted by molar-refractivity contribution is 7.16. The summed E-state index contributed by atoms with van der Waals surface area (Å²) in [7, 11) is 3.00. The number of amides is 1. The van der Waals surface area contributed by atoms with Crippen molar-refractivity contribution in [2.45, 2.75) is 45.8 Å². The predicted molar refractivity (Wildman–Crippen MR) is 137 cm³/mol. The molecule has 0 saturated carbocycles. The number of esters is 1. The molecule has 10 heteroatoms. The molecule has 186 valence electrons. The van der Waals surface area contributed by atoms with Crippen LogP contribution in [0.3, 0.4) is 0 Å². The van der Waals surface area contributed by atoms with Crippen LogP contribution in [0.4, 0.5) is 5.13 Å². The Labute approximate surface area is 214 Å². The van der Waals surface area contributed by atoms with Gasteiger partial charge in [-0.2, -0.15) is 0 Å². The fraction of sp³-hybridized carbons (Fsp3) is 0.542. The van der Waals surface area contributed by atoms with Crippen LogP contribution in [0.15, 0.2) is 12.1 Å². The van der Waals surface area contributed by atoms with Crippen molar-refractivity contribution in [3.05, 3.63) is 32.6 Å². The summed E-state index contributed by atoms with van der Waals surface area (Å²) in [6.07, 6.45) is 2.18. The van der Waals surface area contributed by atoms with Gasteiger partial charge in [0, 0.05) is 30.6 Å². The molecule has 0 aliphatic carbocycles. The third kappa shape index (κ3) is 6.03. The minimum atomic E-state index is -0.663. The highest BCUT2D eigenvalue weighted by Crippen LogP contribution is 2.39. The van der Waals surface area contributed by atoms with E-state index in [0.29, 0.717) is 48.4 Å². The Morgan fingerprint density at radius 2 is 1.97 bits per heavy atom. The maximum absolute atomic E-state index is 12.3. The van der Waals surface area contributed by atoms with Crippen LogP contribution in [0, 0.1) is 5.92 Å². The Balaban J connectivity index is 2.01. The Kier molecular flexibility index (Phi) is 9.20. The van der Waals surface area contributed by atoms with Crippen LogP contribution < -0.4 is 4.90 Å². The van der Waals surface area contributed by atoms with Crippen molar-refractivity contribution >= 4 is 52.0 Å². The van der Waals surface area contributed by atoms with Crippen LogP contribution in [0.5, 0.6) is 0 Å². The highest BCUT2D eigenvalue weighted by Gasteiger charge is 2.34. The van der Waals surface area contributed by atoms with Gasteiger partial charge in [-0.1, -0.05) is 37.0 Å². The highest BCUT2D eigenvalue weighted by atomic mass is 35.5. The van der Waals surface area contributed by atoms with E-state index >= 15 is 0 Å². The number of hydrogen-bond donors (Lipinski definition) is 0. The zero-order valence-electron chi connectivity index (χ0n) is 20.1. The van der Waals surface area contributed by atoms with Gasteiger partial charge in [0.05, 0.1) is 35.5 Å². The van der Waals surface area contributed by atoms with E-state index in [-0.39, 0.29) is 6.10 Å². The summed E-state index contributed by atoms with van der Waals surface area (Å²) in [5.74, 6) is -0.00472. The van der Waals surface area contributed by atoms with Crippen LogP contribution in [-0.4, -0.2) is 68.3 Å². The maximum Gasteiger partial charge on any atom is 0.330 e. The number of piperazine rings is 1. The van der Waals surface area contributed by atoms with E-state index in [1.54, 1.807) is 18.4 Å². The lowest BCUT2D eigenvalue weighted by atomic mass is 10.0. The fourth-order valence-electron chi connectivity index (χ4n) is 3.98. The molecule has 1 aromatic carbocycles. The van der Waals surface area contributed by atoms with Gasteiger partial charge in [-0.05, 0) is 43.4 Å². The summed E-state index contributed by atoms with van der Waals surface area (Å²) in [6.45, 7) is 7.65. The average molecular weight is 529 g/mol. The normalized spacial score (nSPS) is 17.2. The molecule has 1 fully saturated rings. The minimum absolute atomic E-state index is 0.00526. The number of ether oxygens (including phenoxy) is 2. The quantitative estimate of drug-likeness (QED) is 0.347. The lowest BCUT2D eigenvalue weighted by Gasteiger charge is -2.37. The van der Waals surface area contributed by atoms with E-state index in [1.807, 2.05) is 24.0 Å². The summed E-state index contributed by atoms with van der Waals surface area (Å²) >= 11 is 14.6. The number of rotatable bonds is 9. The maximum atomic E-state index is 12.3. The van der Waals surface area contributed by atoms with Gasteiger partial charge in [0.15, 0.2) is 5.13 Å². The molecule has 1 aliphatic heterocycles. The molecule has 3 rings (SSSR count). The zero-order chi connectivity index (χ0) is 25.0. The van der Waals surface area contributed by atoms with Crippen molar-refractivity contribution in [2.24, 2.45) is 5.92 Å². The van der Waals surface area contributed by atoms with Crippen LogP contribution in [0.1, 0.15) is 31.2 Å². The monoisotopic (exact) mass is 527 g/mol. The molecular weight excluding hydrogens is 497 g/mol. The lowest BCUT2D eigenvalue weighted by Crippen LogP contribution is -2.56. The number of methoxy groups -OCH3 is 2. The summed E-state index contributed by atoms with van der Waals surface area (Å²) in [5, 5.41) is 1.82. The number of carbonyl (C=O) groups is 2. The lowest BCUT2D eigenvalue weighted by molar-refractivity contribution is -0.149. The van der Waals surface area contributed by atoms with Crippen LogP contribution in [-0.2, 0) is 31.9 Å². The van der Waals surface area contributed by atoms with Crippen LogP contribution in [0.25, 0.3) is 11.3 Å². The molecule has 0 N–H and O–H groups in total. The van der Waals surface area contributed by atoms with Crippen molar-refractivity contribution in [2.75, 3.05) is 38.8 Å². The van der Waals surface area contributed by atoms with Crippen molar-refractivity contribution < 1.29 is 19.1 Å². The number of hydrogen-bond acceptors (Lipinski definition) is 7. The van der Waals surface area contributed by atoms with Crippen molar-refractivity contribution in [3.63, 3.8) is 0 Å². The molecule has 1 saturated heterocycles. The Hall–Kier alpha value is -1.87. The van der Waals surface area contributed by atoms with Gasteiger partial charge in [0.2, 0.25) is 6.41 Å². The van der Waals surface area contributed by atoms with Gasteiger partial charge in [0.25, 0.3) is 0 Å². The van der Waals surface area contributed by atoms with Crippen LogP contribution >= 0.6 is 34.5 Å². The molecule has 2 heterocycles. The number of aromatic nitrogens is 1. The van der Waals surface area contributed by atoms with Gasteiger partial charge in [-0.25, -0.2) is 9.78 Å². The summed E-state index contributed by atoms with van der Waals surface area (Å²) < 4.78 is 10.3. The fourth-order valence-corrected chi connectivity index (χ4v) is 5.73. The number of benzene rings is 1. The van der Waals surface area contributed by atoms with E-state index in [2.05, 4.69) is 13.8 Å². The molecule has 1 aromatic heterocycles. The second-order valence-corrected chi connectivity index (χ2v) is 10.7. The number of nitrogens with zero attached hydrogens (tertiary/aromatic N) is 3. The summed E-state index contributed by atoms with van der Waals surface area (Å²) in [5.41, 5.74) is 2.68. The Bertz CT molecular complexity index is 1030. The topological polar surface area (TPSA) is 72.0 Å². The first-order chi connectivity index (χ1) is 16.2. The predicted octanol–water partition coefficient (Wildman–Crippen LogP) is 4.71. The molecule has 2 unspecified atom stereocenters.